The Morgan fingerprint density at radius 3 is 1.71 bits per heavy atom. The molecule has 0 bridgehead atoms. The van der Waals surface area contributed by atoms with Crippen molar-refractivity contribution in [2.24, 2.45) is 11.5 Å². The molecule has 0 amide bonds. The molecular weight excluding hydrogens is 312 g/mol. The number of rotatable bonds is 6. The van der Waals surface area contributed by atoms with E-state index in [1.165, 1.54) is 48.6 Å². The zero-order chi connectivity index (χ0) is 17.7. The van der Waals surface area contributed by atoms with Crippen LogP contribution >= 0.6 is 0 Å². The quantitative estimate of drug-likeness (QED) is 0.473. The van der Waals surface area contributed by atoms with Crippen LogP contribution in [0.3, 0.4) is 0 Å². The monoisotopic (exact) mass is 328 g/mol. The highest BCUT2D eigenvalue weighted by atomic mass is 16.6. The van der Waals surface area contributed by atoms with Gasteiger partial charge in [0.15, 0.2) is 0 Å². The van der Waals surface area contributed by atoms with Gasteiger partial charge in [0.25, 0.3) is 11.4 Å². The fourth-order valence-electron chi connectivity index (χ4n) is 2.54. The van der Waals surface area contributed by atoms with Crippen molar-refractivity contribution in [2.75, 3.05) is 6.54 Å². The lowest BCUT2D eigenvalue weighted by Crippen LogP contribution is -2.37. The normalized spacial score (nSPS) is 11.6. The van der Waals surface area contributed by atoms with E-state index in [1.54, 1.807) is 12.1 Å². The number of hydrogen-bond acceptors (Lipinski definition) is 6. The Balaban J connectivity index is 2.81. The zero-order valence-electron chi connectivity index (χ0n) is 12.7. The minimum absolute atomic E-state index is 0.139. The molecule has 0 aromatic heterocycles. The summed E-state index contributed by atoms with van der Waals surface area (Å²) in [6.45, 7) is 0.139. The van der Waals surface area contributed by atoms with E-state index in [4.69, 9.17) is 11.5 Å². The molecule has 0 radical (unpaired) electrons. The highest BCUT2D eigenvalue weighted by molar-refractivity contribution is 5.58. The van der Waals surface area contributed by atoms with Gasteiger partial charge in [-0.1, -0.05) is 36.4 Å². The van der Waals surface area contributed by atoms with E-state index in [9.17, 15) is 20.2 Å². The van der Waals surface area contributed by atoms with Crippen molar-refractivity contribution < 1.29 is 9.85 Å². The molecule has 2 rings (SSSR count). The number of nitrogens with zero attached hydrogens (tertiary/aromatic N) is 2. The molecule has 2 aromatic rings. The molecule has 0 aliphatic carbocycles. The average Bonchev–Trinajstić information content (AvgIpc) is 2.59. The highest BCUT2D eigenvalue weighted by Crippen LogP contribution is 2.38. The van der Waals surface area contributed by atoms with Crippen molar-refractivity contribution in [1.29, 1.82) is 0 Å². The van der Waals surface area contributed by atoms with Crippen LogP contribution in [0.25, 0.3) is 0 Å². The second-order valence-corrected chi connectivity index (χ2v) is 5.06. The van der Waals surface area contributed by atoms with E-state index in [0.29, 0.717) is 0 Å². The molecule has 0 spiro atoms. The summed E-state index contributed by atoms with van der Waals surface area (Å²) >= 11 is 0. The van der Waals surface area contributed by atoms with E-state index >= 15 is 0 Å². The Morgan fingerprint density at radius 1 is 0.917 bits per heavy atom. The minimum atomic E-state index is -1.56. The van der Waals surface area contributed by atoms with Crippen LogP contribution in [0.15, 0.2) is 60.7 Å². The first kappa shape index (κ1) is 17.3. The third-order valence-electron chi connectivity index (χ3n) is 3.61. The molecule has 0 aliphatic rings. The summed E-state index contributed by atoms with van der Waals surface area (Å²) in [5.41, 5.74) is 10.2. The van der Waals surface area contributed by atoms with E-state index < -0.39 is 15.4 Å². The van der Waals surface area contributed by atoms with Gasteiger partial charge in [-0.05, 0) is 12.1 Å². The largest absolute Gasteiger partial charge is 0.327 e. The number of nitro benzene ring substituents is 2. The van der Waals surface area contributed by atoms with Crippen LogP contribution in [-0.4, -0.2) is 16.4 Å². The standard InChI is InChI=1S/C16H16N4O4/c17-11-5-10-16(18,12-6-1-3-8-14(12)19(21)22)13-7-2-4-9-15(13)20(23)24/h1-10H,11,17-18H2/b10-5+. The van der Waals surface area contributed by atoms with Crippen LogP contribution in [0.2, 0.25) is 0 Å². The summed E-state index contributed by atoms with van der Waals surface area (Å²) in [5.74, 6) is 0. The smallest absolute Gasteiger partial charge is 0.275 e. The second kappa shape index (κ2) is 6.99. The molecule has 0 heterocycles. The topological polar surface area (TPSA) is 138 Å². The maximum atomic E-state index is 11.4. The van der Waals surface area contributed by atoms with Gasteiger partial charge in [-0.2, -0.15) is 0 Å². The summed E-state index contributed by atoms with van der Waals surface area (Å²) < 4.78 is 0. The van der Waals surface area contributed by atoms with Gasteiger partial charge in [-0.25, -0.2) is 0 Å². The van der Waals surface area contributed by atoms with Crippen LogP contribution in [0.1, 0.15) is 11.1 Å². The molecule has 0 aliphatic heterocycles. The van der Waals surface area contributed by atoms with E-state index in [2.05, 4.69) is 0 Å². The molecule has 0 saturated heterocycles. The molecule has 2 aromatic carbocycles. The van der Waals surface area contributed by atoms with Gasteiger partial charge < -0.3 is 11.5 Å². The van der Waals surface area contributed by atoms with E-state index in [0.717, 1.165) is 0 Å². The molecule has 8 heteroatoms. The Morgan fingerprint density at radius 2 is 1.33 bits per heavy atom. The lowest BCUT2D eigenvalue weighted by Gasteiger charge is -2.26. The van der Waals surface area contributed by atoms with Crippen LogP contribution in [0, 0.1) is 20.2 Å². The third-order valence-corrected chi connectivity index (χ3v) is 3.61. The van der Waals surface area contributed by atoms with Gasteiger partial charge in [0.2, 0.25) is 0 Å². The van der Waals surface area contributed by atoms with Gasteiger partial charge >= 0.3 is 0 Å². The molecular formula is C16H16N4O4. The summed E-state index contributed by atoms with van der Waals surface area (Å²) in [7, 11) is 0. The SMILES string of the molecule is NC/C=C/C(N)(c1ccccc1[N+](=O)[O-])c1ccccc1[N+](=O)[O-]. The number of para-hydroxylation sites is 2. The van der Waals surface area contributed by atoms with Crippen LogP contribution in [-0.2, 0) is 5.54 Å². The first-order chi connectivity index (χ1) is 11.4. The molecule has 0 atom stereocenters. The Hall–Kier alpha value is -3.10. The van der Waals surface area contributed by atoms with Crippen molar-refractivity contribution in [2.45, 2.75) is 5.54 Å². The zero-order valence-corrected chi connectivity index (χ0v) is 12.7. The second-order valence-electron chi connectivity index (χ2n) is 5.06. The maximum absolute atomic E-state index is 11.4. The van der Waals surface area contributed by atoms with Gasteiger partial charge in [-0.15, -0.1) is 0 Å². The van der Waals surface area contributed by atoms with Gasteiger partial charge in [0.1, 0.15) is 0 Å². The van der Waals surface area contributed by atoms with Crippen LogP contribution in [0.4, 0.5) is 11.4 Å². The van der Waals surface area contributed by atoms with E-state index in [1.807, 2.05) is 0 Å². The summed E-state index contributed by atoms with van der Waals surface area (Å²) in [5, 5.41) is 22.7. The summed E-state index contributed by atoms with van der Waals surface area (Å²) in [4.78, 5) is 21.6. The van der Waals surface area contributed by atoms with Gasteiger partial charge in [0, 0.05) is 18.7 Å². The Bertz CT molecular complexity index is 747. The number of nitro groups is 2. The van der Waals surface area contributed by atoms with Crippen molar-refractivity contribution in [3.8, 4) is 0 Å². The van der Waals surface area contributed by atoms with Gasteiger partial charge in [-0.3, -0.25) is 20.2 Å². The fourth-order valence-corrected chi connectivity index (χ4v) is 2.54. The number of hydrogen-bond donors (Lipinski definition) is 2. The third kappa shape index (κ3) is 3.14. The number of benzene rings is 2. The predicted octanol–water partition coefficient (Wildman–Crippen LogP) is 2.22. The Kier molecular flexibility index (Phi) is 5.02. The van der Waals surface area contributed by atoms with Crippen molar-refractivity contribution in [1.82, 2.24) is 0 Å². The molecule has 0 fully saturated rings. The highest BCUT2D eigenvalue weighted by Gasteiger charge is 2.37. The average molecular weight is 328 g/mol. The van der Waals surface area contributed by atoms with Crippen LogP contribution < -0.4 is 11.5 Å². The predicted molar refractivity (Wildman–Crippen MR) is 89.4 cm³/mol. The van der Waals surface area contributed by atoms with Crippen molar-refractivity contribution >= 4 is 11.4 Å². The van der Waals surface area contributed by atoms with Crippen molar-refractivity contribution in [3.63, 3.8) is 0 Å². The lowest BCUT2D eigenvalue weighted by atomic mass is 9.81. The summed E-state index contributed by atoms with van der Waals surface area (Å²) in [6, 6.07) is 11.8. The molecule has 0 unspecified atom stereocenters. The molecule has 124 valence electrons. The molecule has 4 N–H and O–H groups in total. The number of nitrogens with two attached hydrogens (primary N) is 2. The van der Waals surface area contributed by atoms with Crippen LogP contribution in [0.5, 0.6) is 0 Å². The van der Waals surface area contributed by atoms with Gasteiger partial charge in [0.05, 0.1) is 26.5 Å². The fraction of sp³-hybridized carbons (Fsp3) is 0.125. The molecule has 8 nitrogen and oxygen atoms in total. The molecule has 24 heavy (non-hydrogen) atoms. The minimum Gasteiger partial charge on any atom is -0.327 e. The lowest BCUT2D eigenvalue weighted by molar-refractivity contribution is -0.387. The first-order valence-corrected chi connectivity index (χ1v) is 7.06. The first-order valence-electron chi connectivity index (χ1n) is 7.06. The summed E-state index contributed by atoms with van der Waals surface area (Å²) in [6.07, 6.45) is 2.98. The Labute approximate surface area is 137 Å². The van der Waals surface area contributed by atoms with Crippen molar-refractivity contribution in [3.05, 3.63) is 92.0 Å². The molecule has 0 saturated carbocycles. The maximum Gasteiger partial charge on any atom is 0.275 e. The van der Waals surface area contributed by atoms with E-state index in [-0.39, 0.29) is 29.0 Å².